The van der Waals surface area contributed by atoms with E-state index < -0.39 is 0 Å². The molecule has 0 amide bonds. The van der Waals surface area contributed by atoms with Gasteiger partial charge in [0.05, 0.1) is 6.61 Å². The van der Waals surface area contributed by atoms with Gasteiger partial charge in [0.25, 0.3) is 0 Å². The maximum atomic E-state index is 6.04. The number of rotatable bonds is 9. The highest BCUT2D eigenvalue weighted by atomic mass is 16.5. The van der Waals surface area contributed by atoms with Crippen molar-refractivity contribution in [3.8, 4) is 5.75 Å². The highest BCUT2D eigenvalue weighted by Gasteiger charge is 2.08. The minimum absolute atomic E-state index is 0.812. The molecule has 0 bridgehead atoms. The Balaban J connectivity index is 2.18. The monoisotopic (exact) mass is 285 g/mol. The van der Waals surface area contributed by atoms with Crippen molar-refractivity contribution < 1.29 is 4.74 Å². The van der Waals surface area contributed by atoms with E-state index in [0.29, 0.717) is 0 Å². The molecule has 2 heteroatoms. The molecule has 0 fully saturated rings. The van der Waals surface area contributed by atoms with Crippen LogP contribution in [0.15, 0.2) is 36.4 Å². The SMILES string of the molecule is CCCCCOc1ccc2ccccc2c1CNCCC. The highest BCUT2D eigenvalue weighted by Crippen LogP contribution is 2.28. The predicted octanol–water partition coefficient (Wildman–Crippen LogP) is 4.91. The molecule has 2 nitrogen and oxygen atoms in total. The van der Waals surface area contributed by atoms with Crippen molar-refractivity contribution in [1.29, 1.82) is 0 Å². The Bertz CT molecular complexity index is 550. The van der Waals surface area contributed by atoms with Gasteiger partial charge < -0.3 is 10.1 Å². The molecule has 0 aliphatic rings. The first-order valence-electron chi connectivity index (χ1n) is 8.21. The van der Waals surface area contributed by atoms with Crippen LogP contribution in [0.2, 0.25) is 0 Å². The molecule has 0 heterocycles. The first-order chi connectivity index (χ1) is 10.4. The topological polar surface area (TPSA) is 21.3 Å². The molecule has 0 aromatic heterocycles. The fourth-order valence-corrected chi connectivity index (χ4v) is 2.56. The molecule has 2 rings (SSSR count). The molecule has 0 spiro atoms. The summed E-state index contributed by atoms with van der Waals surface area (Å²) in [5, 5.41) is 6.09. The quantitative estimate of drug-likeness (QED) is 0.661. The Morgan fingerprint density at radius 2 is 1.81 bits per heavy atom. The molecule has 2 aromatic carbocycles. The molecule has 0 unspecified atom stereocenters. The number of hydrogen-bond donors (Lipinski definition) is 1. The first-order valence-corrected chi connectivity index (χ1v) is 8.21. The number of nitrogens with one attached hydrogen (secondary N) is 1. The van der Waals surface area contributed by atoms with Crippen molar-refractivity contribution >= 4 is 10.8 Å². The second-order valence-electron chi connectivity index (χ2n) is 5.50. The van der Waals surface area contributed by atoms with Crippen molar-refractivity contribution in [3.63, 3.8) is 0 Å². The smallest absolute Gasteiger partial charge is 0.124 e. The maximum absolute atomic E-state index is 6.04. The number of unbranched alkanes of at least 4 members (excludes halogenated alkanes) is 2. The molecule has 0 aliphatic carbocycles. The third-order valence-electron chi connectivity index (χ3n) is 3.73. The van der Waals surface area contributed by atoms with Crippen molar-refractivity contribution in [1.82, 2.24) is 5.32 Å². The van der Waals surface area contributed by atoms with Gasteiger partial charge in [0, 0.05) is 12.1 Å². The fraction of sp³-hybridized carbons (Fsp3) is 0.474. The van der Waals surface area contributed by atoms with Crippen LogP contribution in [0.5, 0.6) is 5.75 Å². The van der Waals surface area contributed by atoms with E-state index in [1.165, 1.54) is 29.2 Å². The van der Waals surface area contributed by atoms with Crippen molar-refractivity contribution in [2.45, 2.75) is 46.1 Å². The molecular formula is C19H27NO. The zero-order chi connectivity index (χ0) is 14.9. The molecule has 21 heavy (non-hydrogen) atoms. The second kappa shape index (κ2) is 8.68. The summed E-state index contributed by atoms with van der Waals surface area (Å²) in [6.07, 6.45) is 4.74. The Kier molecular flexibility index (Phi) is 6.55. The summed E-state index contributed by atoms with van der Waals surface area (Å²) in [4.78, 5) is 0. The van der Waals surface area contributed by atoms with Crippen molar-refractivity contribution in [2.24, 2.45) is 0 Å². The van der Waals surface area contributed by atoms with Gasteiger partial charge in [-0.2, -0.15) is 0 Å². The average molecular weight is 285 g/mol. The summed E-state index contributed by atoms with van der Waals surface area (Å²) in [5.74, 6) is 1.04. The summed E-state index contributed by atoms with van der Waals surface area (Å²) < 4.78 is 6.04. The van der Waals surface area contributed by atoms with Crippen LogP contribution in [0.25, 0.3) is 10.8 Å². The van der Waals surface area contributed by atoms with Gasteiger partial charge in [-0.1, -0.05) is 57.0 Å². The minimum atomic E-state index is 0.812. The molecule has 0 radical (unpaired) electrons. The van der Waals surface area contributed by atoms with Gasteiger partial charge in [-0.3, -0.25) is 0 Å². The van der Waals surface area contributed by atoms with Gasteiger partial charge in [-0.25, -0.2) is 0 Å². The van der Waals surface area contributed by atoms with Crippen molar-refractivity contribution in [3.05, 3.63) is 42.0 Å². The lowest BCUT2D eigenvalue weighted by molar-refractivity contribution is 0.303. The summed E-state index contributed by atoms with van der Waals surface area (Å²) >= 11 is 0. The summed E-state index contributed by atoms with van der Waals surface area (Å²) in [7, 11) is 0. The van der Waals surface area contributed by atoms with Crippen LogP contribution in [0.3, 0.4) is 0 Å². The van der Waals surface area contributed by atoms with E-state index in [1.807, 2.05) is 0 Å². The molecule has 2 aromatic rings. The second-order valence-corrected chi connectivity index (χ2v) is 5.50. The number of hydrogen-bond acceptors (Lipinski definition) is 2. The summed E-state index contributed by atoms with van der Waals surface area (Å²) in [6, 6.07) is 12.8. The lowest BCUT2D eigenvalue weighted by atomic mass is 10.0. The van der Waals surface area contributed by atoms with Gasteiger partial charge in [0.15, 0.2) is 0 Å². The van der Waals surface area contributed by atoms with Gasteiger partial charge >= 0.3 is 0 Å². The number of benzene rings is 2. The van der Waals surface area contributed by atoms with Crippen LogP contribution in [0.4, 0.5) is 0 Å². The van der Waals surface area contributed by atoms with Crippen LogP contribution in [0, 0.1) is 0 Å². The molecule has 1 N–H and O–H groups in total. The molecule has 114 valence electrons. The lowest BCUT2D eigenvalue weighted by Crippen LogP contribution is -2.15. The maximum Gasteiger partial charge on any atom is 0.124 e. The average Bonchev–Trinajstić information content (AvgIpc) is 2.53. The van der Waals surface area contributed by atoms with E-state index in [1.54, 1.807) is 0 Å². The van der Waals surface area contributed by atoms with Crippen molar-refractivity contribution in [2.75, 3.05) is 13.2 Å². The van der Waals surface area contributed by atoms with E-state index in [-0.39, 0.29) is 0 Å². The van der Waals surface area contributed by atoms with Crippen LogP contribution in [-0.4, -0.2) is 13.2 Å². The Hall–Kier alpha value is -1.54. The Morgan fingerprint density at radius 3 is 2.62 bits per heavy atom. The third kappa shape index (κ3) is 4.47. The van der Waals surface area contributed by atoms with E-state index >= 15 is 0 Å². The van der Waals surface area contributed by atoms with Crippen LogP contribution >= 0.6 is 0 Å². The van der Waals surface area contributed by atoms with Crippen LogP contribution in [-0.2, 0) is 6.54 Å². The minimum Gasteiger partial charge on any atom is -0.493 e. The third-order valence-corrected chi connectivity index (χ3v) is 3.73. The lowest BCUT2D eigenvalue weighted by Gasteiger charge is -2.15. The van der Waals surface area contributed by atoms with Crippen LogP contribution in [0.1, 0.15) is 45.1 Å². The molecule has 0 saturated heterocycles. The van der Waals surface area contributed by atoms with Gasteiger partial charge in [0.2, 0.25) is 0 Å². The largest absolute Gasteiger partial charge is 0.493 e. The molecule has 0 aliphatic heterocycles. The molecule has 0 saturated carbocycles. The standard InChI is InChI=1S/C19H27NO/c1-3-5-8-14-21-19-12-11-16-9-6-7-10-17(16)18(19)15-20-13-4-2/h6-7,9-12,20H,3-5,8,13-15H2,1-2H3. The fourth-order valence-electron chi connectivity index (χ4n) is 2.56. The molecular weight excluding hydrogens is 258 g/mol. The number of ether oxygens (including phenoxy) is 1. The van der Waals surface area contributed by atoms with E-state index in [0.717, 1.165) is 38.3 Å². The Labute approximate surface area is 128 Å². The predicted molar refractivity (Wildman–Crippen MR) is 91.0 cm³/mol. The van der Waals surface area contributed by atoms with E-state index in [9.17, 15) is 0 Å². The van der Waals surface area contributed by atoms with Gasteiger partial charge in [0.1, 0.15) is 5.75 Å². The Morgan fingerprint density at radius 1 is 0.952 bits per heavy atom. The first kappa shape index (κ1) is 15.8. The molecule has 0 atom stereocenters. The highest BCUT2D eigenvalue weighted by molar-refractivity contribution is 5.87. The van der Waals surface area contributed by atoms with E-state index in [2.05, 4.69) is 55.6 Å². The van der Waals surface area contributed by atoms with Crippen LogP contribution < -0.4 is 10.1 Å². The summed E-state index contributed by atoms with van der Waals surface area (Å²) in [5.41, 5.74) is 1.29. The van der Waals surface area contributed by atoms with Gasteiger partial charge in [-0.05, 0) is 36.2 Å². The number of fused-ring (bicyclic) bond motifs is 1. The van der Waals surface area contributed by atoms with Gasteiger partial charge in [-0.15, -0.1) is 0 Å². The zero-order valence-electron chi connectivity index (χ0n) is 13.3. The summed E-state index contributed by atoms with van der Waals surface area (Å²) in [6.45, 7) is 7.14. The normalized spacial score (nSPS) is 11.0. The van der Waals surface area contributed by atoms with E-state index in [4.69, 9.17) is 4.74 Å². The zero-order valence-corrected chi connectivity index (χ0v) is 13.3.